The van der Waals surface area contributed by atoms with Crippen LogP contribution in [0.2, 0.25) is 0 Å². The normalized spacial score (nSPS) is 20.5. The average molecular weight is 291 g/mol. The van der Waals surface area contributed by atoms with E-state index in [0.717, 1.165) is 4.90 Å². The number of aromatic nitrogens is 2. The van der Waals surface area contributed by atoms with Crippen LogP contribution in [0.5, 0.6) is 0 Å². The lowest BCUT2D eigenvalue weighted by molar-refractivity contribution is -0.233. The third kappa shape index (κ3) is 3.12. The first-order valence-corrected chi connectivity index (χ1v) is 6.31. The largest absolute Gasteiger partial charge is 0.416 e. The summed E-state index contributed by atoms with van der Waals surface area (Å²) < 4.78 is 44.1. The number of nitrogens with zero attached hydrogens (tertiary/aromatic N) is 3. The summed E-state index contributed by atoms with van der Waals surface area (Å²) >= 11 is 0. The molecule has 0 unspecified atom stereocenters. The van der Waals surface area contributed by atoms with Crippen molar-refractivity contribution in [3.63, 3.8) is 0 Å². The van der Waals surface area contributed by atoms with Gasteiger partial charge in [-0.2, -0.15) is 18.3 Å². The van der Waals surface area contributed by atoms with Gasteiger partial charge in [0.25, 0.3) is 5.91 Å². The molecule has 0 saturated carbocycles. The Kier molecular flexibility index (Phi) is 4.03. The molecule has 0 N–H and O–H groups in total. The van der Waals surface area contributed by atoms with E-state index >= 15 is 0 Å². The van der Waals surface area contributed by atoms with Gasteiger partial charge < -0.3 is 9.64 Å². The second-order valence-electron chi connectivity index (χ2n) is 4.95. The Morgan fingerprint density at radius 3 is 2.75 bits per heavy atom. The molecule has 2 heterocycles. The summed E-state index contributed by atoms with van der Waals surface area (Å²) in [5.74, 6) is -0.450. The van der Waals surface area contributed by atoms with Gasteiger partial charge in [-0.05, 0) is 13.8 Å². The SMILES string of the molecule is CC(C)n1cc(C(=O)N2CCO[C@H](C(F)(F)F)C2)cn1. The van der Waals surface area contributed by atoms with Gasteiger partial charge in [0.1, 0.15) is 0 Å². The number of amides is 1. The number of hydrogen-bond donors (Lipinski definition) is 0. The zero-order chi connectivity index (χ0) is 14.9. The van der Waals surface area contributed by atoms with E-state index in [2.05, 4.69) is 9.84 Å². The van der Waals surface area contributed by atoms with E-state index in [0.29, 0.717) is 5.56 Å². The molecule has 20 heavy (non-hydrogen) atoms. The fourth-order valence-electron chi connectivity index (χ4n) is 1.95. The molecule has 0 aromatic carbocycles. The maximum absolute atomic E-state index is 12.6. The number of morpholine rings is 1. The van der Waals surface area contributed by atoms with Gasteiger partial charge in [-0.15, -0.1) is 0 Å². The van der Waals surface area contributed by atoms with Crippen molar-refractivity contribution in [1.29, 1.82) is 0 Å². The van der Waals surface area contributed by atoms with E-state index in [1.54, 1.807) is 10.9 Å². The fourth-order valence-corrected chi connectivity index (χ4v) is 1.95. The summed E-state index contributed by atoms with van der Waals surface area (Å²) in [5.41, 5.74) is 0.293. The summed E-state index contributed by atoms with van der Waals surface area (Å²) in [4.78, 5) is 13.3. The summed E-state index contributed by atoms with van der Waals surface area (Å²) in [5, 5.41) is 4.02. The highest BCUT2D eigenvalue weighted by atomic mass is 19.4. The standard InChI is InChI=1S/C12H16F3N3O2/c1-8(2)18-6-9(5-16-18)11(19)17-3-4-20-10(7-17)12(13,14)15/h5-6,8,10H,3-4,7H2,1-2H3/t10-/m0/s1. The summed E-state index contributed by atoms with van der Waals surface area (Å²) in [6.45, 7) is 3.35. The molecular formula is C12H16F3N3O2. The molecule has 1 aliphatic heterocycles. The van der Waals surface area contributed by atoms with Crippen molar-refractivity contribution in [1.82, 2.24) is 14.7 Å². The number of hydrogen-bond acceptors (Lipinski definition) is 3. The second kappa shape index (κ2) is 5.43. The van der Waals surface area contributed by atoms with Gasteiger partial charge in [0, 0.05) is 18.8 Å². The highest BCUT2D eigenvalue weighted by Gasteiger charge is 2.44. The maximum atomic E-state index is 12.6. The number of rotatable bonds is 2. The maximum Gasteiger partial charge on any atom is 0.416 e. The molecule has 1 fully saturated rings. The Morgan fingerprint density at radius 1 is 1.50 bits per heavy atom. The molecule has 5 nitrogen and oxygen atoms in total. The van der Waals surface area contributed by atoms with Crippen LogP contribution in [-0.2, 0) is 4.74 Å². The smallest absolute Gasteiger partial charge is 0.365 e. The summed E-state index contributed by atoms with van der Waals surface area (Å²) in [6, 6.07) is 0.0872. The van der Waals surface area contributed by atoms with Crippen LogP contribution in [0.4, 0.5) is 13.2 Å². The lowest BCUT2D eigenvalue weighted by Gasteiger charge is -2.33. The molecule has 0 spiro atoms. The molecule has 1 aromatic rings. The number of alkyl halides is 3. The molecule has 1 aliphatic rings. The molecule has 112 valence electrons. The Bertz CT molecular complexity index is 485. The summed E-state index contributed by atoms with van der Waals surface area (Å²) in [6.07, 6.45) is -3.45. The van der Waals surface area contributed by atoms with Crippen LogP contribution in [0.15, 0.2) is 12.4 Å². The van der Waals surface area contributed by atoms with Crippen molar-refractivity contribution >= 4 is 5.91 Å². The van der Waals surface area contributed by atoms with Crippen LogP contribution in [0, 0.1) is 0 Å². The quantitative estimate of drug-likeness (QED) is 0.835. The first-order valence-electron chi connectivity index (χ1n) is 6.31. The van der Waals surface area contributed by atoms with Gasteiger partial charge in [0.05, 0.1) is 24.9 Å². The van der Waals surface area contributed by atoms with E-state index in [1.165, 1.54) is 6.20 Å². The van der Waals surface area contributed by atoms with Gasteiger partial charge in [-0.3, -0.25) is 9.48 Å². The van der Waals surface area contributed by atoms with Crippen molar-refractivity contribution in [2.24, 2.45) is 0 Å². The second-order valence-corrected chi connectivity index (χ2v) is 4.95. The topological polar surface area (TPSA) is 47.4 Å². The predicted octanol–water partition coefficient (Wildman–Crippen LogP) is 1.87. The number of halogens is 3. The average Bonchev–Trinajstić information content (AvgIpc) is 2.87. The van der Waals surface area contributed by atoms with Crippen LogP contribution in [0.25, 0.3) is 0 Å². The molecule has 2 rings (SSSR count). The third-order valence-electron chi connectivity index (χ3n) is 3.10. The van der Waals surface area contributed by atoms with Gasteiger partial charge in [-0.25, -0.2) is 0 Å². The molecule has 1 aromatic heterocycles. The predicted molar refractivity (Wildman–Crippen MR) is 64.3 cm³/mol. The third-order valence-corrected chi connectivity index (χ3v) is 3.10. The minimum Gasteiger partial charge on any atom is -0.365 e. The lowest BCUT2D eigenvalue weighted by Crippen LogP contribution is -2.51. The zero-order valence-corrected chi connectivity index (χ0v) is 11.2. The Balaban J connectivity index is 2.08. The Morgan fingerprint density at radius 2 is 2.20 bits per heavy atom. The van der Waals surface area contributed by atoms with Gasteiger partial charge in [0.15, 0.2) is 6.10 Å². The molecule has 1 amide bonds. The first-order chi connectivity index (χ1) is 9.29. The number of carbonyl (C=O) groups excluding carboxylic acids is 1. The van der Waals surface area contributed by atoms with Crippen molar-refractivity contribution in [2.45, 2.75) is 32.2 Å². The number of carbonyl (C=O) groups is 1. The Labute approximate surface area is 114 Å². The monoisotopic (exact) mass is 291 g/mol. The van der Waals surface area contributed by atoms with E-state index in [-0.39, 0.29) is 19.2 Å². The molecule has 8 heteroatoms. The van der Waals surface area contributed by atoms with Crippen LogP contribution < -0.4 is 0 Å². The molecule has 0 aliphatic carbocycles. The Hall–Kier alpha value is -1.57. The van der Waals surface area contributed by atoms with Crippen LogP contribution in [0.1, 0.15) is 30.2 Å². The summed E-state index contributed by atoms with van der Waals surface area (Å²) in [7, 11) is 0. The molecule has 1 atom stereocenters. The minimum atomic E-state index is -4.46. The van der Waals surface area contributed by atoms with Crippen molar-refractivity contribution in [2.75, 3.05) is 19.7 Å². The van der Waals surface area contributed by atoms with Gasteiger partial charge in [0.2, 0.25) is 0 Å². The van der Waals surface area contributed by atoms with E-state index < -0.39 is 24.7 Å². The molecule has 0 radical (unpaired) electrons. The lowest BCUT2D eigenvalue weighted by atomic mass is 10.2. The zero-order valence-electron chi connectivity index (χ0n) is 11.2. The fraction of sp³-hybridized carbons (Fsp3) is 0.667. The minimum absolute atomic E-state index is 0.0872. The highest BCUT2D eigenvalue weighted by molar-refractivity contribution is 5.93. The van der Waals surface area contributed by atoms with E-state index in [1.807, 2.05) is 13.8 Å². The number of ether oxygens (including phenoxy) is 1. The van der Waals surface area contributed by atoms with Crippen molar-refractivity contribution in [3.8, 4) is 0 Å². The van der Waals surface area contributed by atoms with E-state index in [4.69, 9.17) is 0 Å². The van der Waals surface area contributed by atoms with Crippen molar-refractivity contribution in [3.05, 3.63) is 18.0 Å². The van der Waals surface area contributed by atoms with Crippen LogP contribution in [0.3, 0.4) is 0 Å². The molecular weight excluding hydrogens is 275 g/mol. The highest BCUT2D eigenvalue weighted by Crippen LogP contribution is 2.26. The molecule has 0 bridgehead atoms. The van der Waals surface area contributed by atoms with Crippen LogP contribution >= 0.6 is 0 Å². The van der Waals surface area contributed by atoms with Gasteiger partial charge >= 0.3 is 6.18 Å². The molecule has 1 saturated heterocycles. The van der Waals surface area contributed by atoms with Crippen LogP contribution in [-0.4, -0.2) is 52.6 Å². The van der Waals surface area contributed by atoms with E-state index in [9.17, 15) is 18.0 Å². The van der Waals surface area contributed by atoms with Gasteiger partial charge in [-0.1, -0.05) is 0 Å². The van der Waals surface area contributed by atoms with Crippen molar-refractivity contribution < 1.29 is 22.7 Å². The first kappa shape index (κ1) is 14.8.